The maximum absolute atomic E-state index is 12.2. The molecule has 0 saturated carbocycles. The number of nitrogens with two attached hydrogens (primary N) is 1. The van der Waals surface area contributed by atoms with Gasteiger partial charge >= 0.3 is 0 Å². The van der Waals surface area contributed by atoms with E-state index in [9.17, 15) is 4.79 Å². The second-order valence-electron chi connectivity index (χ2n) is 4.99. The smallest absolute Gasteiger partial charge is 0.255 e. The molecule has 1 amide bonds. The first kappa shape index (κ1) is 13.6. The Balaban J connectivity index is 1.82. The number of anilines is 2. The van der Waals surface area contributed by atoms with Crippen LogP contribution < -0.4 is 11.1 Å². The lowest BCUT2D eigenvalue weighted by Crippen LogP contribution is -2.11. The molecule has 3 rings (SSSR count). The van der Waals surface area contributed by atoms with Crippen LogP contribution in [0.1, 0.15) is 30.2 Å². The summed E-state index contributed by atoms with van der Waals surface area (Å²) >= 11 is 1.37. The van der Waals surface area contributed by atoms with Gasteiger partial charge in [0.25, 0.3) is 5.91 Å². The Morgan fingerprint density at radius 2 is 2.24 bits per heavy atom. The van der Waals surface area contributed by atoms with Crippen LogP contribution in [0.15, 0.2) is 30.6 Å². The molecule has 0 radical (unpaired) electrons. The van der Waals surface area contributed by atoms with Crippen LogP contribution in [-0.2, 0) is 0 Å². The molecule has 0 aliphatic rings. The third-order valence-corrected chi connectivity index (χ3v) is 3.90. The Hall–Kier alpha value is -2.41. The molecule has 0 atom stereocenters. The van der Waals surface area contributed by atoms with E-state index in [1.165, 1.54) is 11.3 Å². The molecule has 2 aromatic heterocycles. The average Bonchev–Trinajstić information content (AvgIpc) is 3.02. The summed E-state index contributed by atoms with van der Waals surface area (Å²) in [5.74, 6) is -0.174. The first-order valence-corrected chi connectivity index (χ1v) is 7.36. The van der Waals surface area contributed by atoms with Crippen molar-refractivity contribution in [3.05, 3.63) is 36.2 Å². The molecule has 0 saturated heterocycles. The number of carbonyl (C=O) groups is 1. The number of benzene rings is 1. The fourth-order valence-corrected chi connectivity index (χ4v) is 2.75. The van der Waals surface area contributed by atoms with Crippen molar-refractivity contribution in [2.75, 3.05) is 11.1 Å². The second-order valence-corrected chi connectivity index (χ2v) is 6.05. The maximum Gasteiger partial charge on any atom is 0.255 e. The Labute approximate surface area is 125 Å². The number of amides is 1. The molecule has 7 heteroatoms. The van der Waals surface area contributed by atoms with Crippen LogP contribution in [0.5, 0.6) is 0 Å². The molecule has 6 nitrogen and oxygen atoms in total. The minimum absolute atomic E-state index is 0.174. The van der Waals surface area contributed by atoms with Crippen molar-refractivity contribution in [3.8, 4) is 0 Å². The Bertz CT molecular complexity index is 805. The number of rotatable bonds is 3. The third-order valence-electron chi connectivity index (χ3n) is 3.06. The second kappa shape index (κ2) is 5.17. The lowest BCUT2D eigenvalue weighted by Gasteiger charge is -2.04. The summed E-state index contributed by atoms with van der Waals surface area (Å²) < 4.78 is 2.70. The van der Waals surface area contributed by atoms with Gasteiger partial charge < -0.3 is 11.1 Å². The number of fused-ring (bicyclic) bond motifs is 1. The van der Waals surface area contributed by atoms with E-state index in [1.54, 1.807) is 29.1 Å². The van der Waals surface area contributed by atoms with Crippen molar-refractivity contribution in [3.63, 3.8) is 0 Å². The summed E-state index contributed by atoms with van der Waals surface area (Å²) in [7, 11) is 0. The summed E-state index contributed by atoms with van der Waals surface area (Å²) in [5.41, 5.74) is 7.73. The van der Waals surface area contributed by atoms with E-state index in [0.717, 1.165) is 10.2 Å². The molecule has 108 valence electrons. The molecule has 2 heterocycles. The van der Waals surface area contributed by atoms with Crippen LogP contribution >= 0.6 is 11.3 Å². The monoisotopic (exact) mass is 301 g/mol. The van der Waals surface area contributed by atoms with Gasteiger partial charge in [-0.25, -0.2) is 4.98 Å². The van der Waals surface area contributed by atoms with Crippen molar-refractivity contribution in [1.82, 2.24) is 14.8 Å². The zero-order valence-electron chi connectivity index (χ0n) is 11.7. The van der Waals surface area contributed by atoms with Gasteiger partial charge in [0.2, 0.25) is 0 Å². The summed E-state index contributed by atoms with van der Waals surface area (Å²) in [5, 5.41) is 7.53. The number of nitrogens with one attached hydrogen (secondary N) is 1. The first-order chi connectivity index (χ1) is 10.0. The van der Waals surface area contributed by atoms with Crippen molar-refractivity contribution in [1.29, 1.82) is 0 Å². The van der Waals surface area contributed by atoms with E-state index in [-0.39, 0.29) is 11.9 Å². The molecule has 3 N–H and O–H groups in total. The first-order valence-electron chi connectivity index (χ1n) is 6.54. The number of carbonyl (C=O) groups excluding carboxylic acids is 1. The third kappa shape index (κ3) is 2.73. The van der Waals surface area contributed by atoms with E-state index in [4.69, 9.17) is 5.73 Å². The molecule has 0 spiro atoms. The van der Waals surface area contributed by atoms with E-state index in [0.29, 0.717) is 16.4 Å². The highest BCUT2D eigenvalue weighted by Crippen LogP contribution is 2.25. The van der Waals surface area contributed by atoms with Crippen LogP contribution in [0.4, 0.5) is 10.8 Å². The van der Waals surface area contributed by atoms with Crippen molar-refractivity contribution < 1.29 is 4.79 Å². The molecule has 0 aliphatic carbocycles. The highest BCUT2D eigenvalue weighted by molar-refractivity contribution is 7.22. The quantitative estimate of drug-likeness (QED) is 0.779. The molecule has 0 fully saturated rings. The standard InChI is InChI=1S/C14H15N5OS/c1-8(2)19-7-10(6-16-19)17-13(20)9-3-4-11-12(5-9)21-14(15)18-11/h3-8H,1-2H3,(H2,15,18)(H,17,20). The number of hydrogen-bond donors (Lipinski definition) is 2. The summed E-state index contributed by atoms with van der Waals surface area (Å²) in [4.78, 5) is 16.4. The van der Waals surface area contributed by atoms with Crippen LogP contribution in [0.3, 0.4) is 0 Å². The number of nitrogens with zero attached hydrogens (tertiary/aromatic N) is 3. The molecular formula is C14H15N5OS. The number of nitrogen functional groups attached to an aromatic ring is 1. The Morgan fingerprint density at radius 1 is 1.43 bits per heavy atom. The van der Waals surface area contributed by atoms with Gasteiger partial charge in [-0.05, 0) is 32.0 Å². The zero-order chi connectivity index (χ0) is 15.0. The average molecular weight is 301 g/mol. The van der Waals surface area contributed by atoms with Gasteiger partial charge in [0.15, 0.2) is 5.13 Å². The lowest BCUT2D eigenvalue weighted by atomic mass is 10.2. The predicted octanol–water partition coefficient (Wildman–Crippen LogP) is 2.91. The van der Waals surface area contributed by atoms with E-state index < -0.39 is 0 Å². The maximum atomic E-state index is 12.2. The molecular weight excluding hydrogens is 286 g/mol. The van der Waals surface area contributed by atoms with Gasteiger partial charge in [0.05, 0.1) is 22.1 Å². The van der Waals surface area contributed by atoms with E-state index in [1.807, 2.05) is 20.0 Å². The van der Waals surface area contributed by atoms with Crippen LogP contribution in [0.2, 0.25) is 0 Å². The van der Waals surface area contributed by atoms with Gasteiger partial charge in [-0.3, -0.25) is 9.48 Å². The van der Waals surface area contributed by atoms with Crippen LogP contribution in [0.25, 0.3) is 10.2 Å². The summed E-state index contributed by atoms with van der Waals surface area (Å²) in [6.45, 7) is 4.06. The topological polar surface area (TPSA) is 85.8 Å². The predicted molar refractivity (Wildman–Crippen MR) is 84.6 cm³/mol. The Kier molecular flexibility index (Phi) is 3.34. The van der Waals surface area contributed by atoms with Crippen molar-refractivity contribution >= 4 is 38.3 Å². The number of hydrogen-bond acceptors (Lipinski definition) is 5. The summed E-state index contributed by atoms with van der Waals surface area (Å²) in [6.07, 6.45) is 3.45. The zero-order valence-corrected chi connectivity index (χ0v) is 12.5. The normalized spacial score (nSPS) is 11.2. The lowest BCUT2D eigenvalue weighted by molar-refractivity contribution is 0.102. The van der Waals surface area contributed by atoms with E-state index >= 15 is 0 Å². The van der Waals surface area contributed by atoms with Crippen molar-refractivity contribution in [2.45, 2.75) is 19.9 Å². The highest BCUT2D eigenvalue weighted by Gasteiger charge is 2.10. The SMILES string of the molecule is CC(C)n1cc(NC(=O)c2ccc3nc(N)sc3c2)cn1. The van der Waals surface area contributed by atoms with Crippen LogP contribution in [-0.4, -0.2) is 20.7 Å². The molecule has 21 heavy (non-hydrogen) atoms. The molecule has 0 bridgehead atoms. The van der Waals surface area contributed by atoms with Crippen LogP contribution in [0, 0.1) is 0 Å². The van der Waals surface area contributed by atoms with E-state index in [2.05, 4.69) is 15.4 Å². The van der Waals surface area contributed by atoms with Gasteiger partial charge in [0, 0.05) is 17.8 Å². The molecule has 3 aromatic rings. The van der Waals surface area contributed by atoms with Gasteiger partial charge in [-0.15, -0.1) is 0 Å². The minimum Gasteiger partial charge on any atom is -0.375 e. The fourth-order valence-electron chi connectivity index (χ4n) is 1.97. The number of thiazole rings is 1. The minimum atomic E-state index is -0.174. The number of aromatic nitrogens is 3. The van der Waals surface area contributed by atoms with Gasteiger partial charge in [0.1, 0.15) is 0 Å². The summed E-state index contributed by atoms with van der Waals surface area (Å²) in [6, 6.07) is 5.59. The van der Waals surface area contributed by atoms with Gasteiger partial charge in [-0.1, -0.05) is 11.3 Å². The largest absolute Gasteiger partial charge is 0.375 e. The molecule has 1 aromatic carbocycles. The fraction of sp³-hybridized carbons (Fsp3) is 0.214. The van der Waals surface area contributed by atoms with Gasteiger partial charge in [-0.2, -0.15) is 5.10 Å². The Morgan fingerprint density at radius 3 is 2.95 bits per heavy atom. The highest BCUT2D eigenvalue weighted by atomic mass is 32.1. The molecule has 0 aliphatic heterocycles. The molecule has 0 unspecified atom stereocenters. The van der Waals surface area contributed by atoms with Crippen molar-refractivity contribution in [2.24, 2.45) is 0 Å².